The lowest BCUT2D eigenvalue weighted by Crippen LogP contribution is -2.75. The van der Waals surface area contributed by atoms with Crippen LogP contribution in [-0.2, 0) is 14.3 Å². The lowest BCUT2D eigenvalue weighted by molar-refractivity contribution is -0.145. The highest BCUT2D eigenvalue weighted by atomic mass is 32.2. The molecule has 4 aliphatic heterocycles. The number of rotatable bonds is 6. The zero-order chi connectivity index (χ0) is 29.4. The monoisotopic (exact) mass is 598 g/mol. The molecule has 0 radical (unpaired) electrons. The Bertz CT molecular complexity index is 1070. The highest BCUT2D eigenvalue weighted by molar-refractivity contribution is 8.01. The number of ketones is 1. The summed E-state index contributed by atoms with van der Waals surface area (Å²) in [7, 11) is 2.16. The molecule has 42 heavy (non-hydrogen) atoms. The van der Waals surface area contributed by atoms with E-state index in [1.165, 1.54) is 31.8 Å². The molecule has 4 heterocycles. The number of likely N-dealkylation sites (N-methyl/N-ethyl adjacent to an activating group) is 1. The standard InChI is InChI=1S/C32H50N6O3S/c1-4-27(39)38-16-15-37(18-23(38)11-13-33)30-25-10-12-32(17-26-21(2)7-5-8-22(26)20-42-32)29(40)28(25)34-31(35-30)41-19-24-9-6-14-36(24)3/h4,21-26,28,30-31,34-35H,1,5-12,14-20H2,2-3H3/t21?,22?,23?,24?,25?,26?,28?,30?,31?,32-/m0/s1. The van der Waals surface area contributed by atoms with Crippen molar-refractivity contribution >= 4 is 23.5 Å². The van der Waals surface area contributed by atoms with Gasteiger partial charge in [-0.05, 0) is 81.7 Å². The van der Waals surface area contributed by atoms with E-state index in [1.807, 2.05) is 11.8 Å². The minimum Gasteiger partial charge on any atom is -0.348 e. The quantitative estimate of drug-likeness (QED) is 0.447. The van der Waals surface area contributed by atoms with Gasteiger partial charge in [-0.1, -0.05) is 26.3 Å². The van der Waals surface area contributed by atoms with Crippen LogP contribution in [0.2, 0.25) is 0 Å². The average molecular weight is 599 g/mol. The molecule has 10 atom stereocenters. The molecular formula is C32H50N6O3S. The third-order valence-corrected chi connectivity index (χ3v) is 13.3. The number of carbonyl (C=O) groups excluding carboxylic acids is 2. The van der Waals surface area contributed by atoms with Gasteiger partial charge >= 0.3 is 0 Å². The lowest BCUT2D eigenvalue weighted by atomic mass is 9.64. The fourth-order valence-corrected chi connectivity index (χ4v) is 10.9. The Balaban J connectivity index is 1.22. The Labute approximate surface area is 256 Å². The molecule has 6 fully saturated rings. The number of piperazine rings is 1. The number of amides is 1. The maximum absolute atomic E-state index is 14.7. The number of hydrogen-bond donors (Lipinski definition) is 2. The van der Waals surface area contributed by atoms with Crippen molar-refractivity contribution in [3.05, 3.63) is 12.7 Å². The molecule has 1 amide bonds. The second-order valence-corrected chi connectivity index (χ2v) is 15.3. The van der Waals surface area contributed by atoms with Crippen molar-refractivity contribution in [2.45, 2.75) is 100 Å². The first-order chi connectivity index (χ1) is 20.3. The van der Waals surface area contributed by atoms with Crippen molar-refractivity contribution in [2.75, 3.05) is 45.6 Å². The molecule has 1 spiro atoms. The number of nitrogens with one attached hydrogen (secondary N) is 2. The van der Waals surface area contributed by atoms with Crippen LogP contribution in [-0.4, -0.2) is 107 Å². The van der Waals surface area contributed by atoms with Gasteiger partial charge in [-0.2, -0.15) is 5.26 Å². The molecule has 9 nitrogen and oxygen atoms in total. The summed E-state index contributed by atoms with van der Waals surface area (Å²) in [5.41, 5.74) is 0. The predicted molar refractivity (Wildman–Crippen MR) is 164 cm³/mol. The van der Waals surface area contributed by atoms with Crippen LogP contribution in [0.5, 0.6) is 0 Å². The second kappa shape index (κ2) is 12.9. The molecule has 2 aliphatic carbocycles. The number of nitrogens with zero attached hydrogens (tertiary/aromatic N) is 4. The third-order valence-electron chi connectivity index (χ3n) is 11.6. The van der Waals surface area contributed by atoms with Gasteiger partial charge in [0.25, 0.3) is 0 Å². The molecule has 0 bridgehead atoms. The lowest BCUT2D eigenvalue weighted by Gasteiger charge is -2.56. The van der Waals surface area contributed by atoms with Crippen LogP contribution in [0.15, 0.2) is 12.7 Å². The van der Waals surface area contributed by atoms with Gasteiger partial charge in [0.2, 0.25) is 5.91 Å². The summed E-state index contributed by atoms with van der Waals surface area (Å²) in [6, 6.07) is 2.23. The van der Waals surface area contributed by atoms with Crippen LogP contribution in [0.25, 0.3) is 0 Å². The van der Waals surface area contributed by atoms with Crippen LogP contribution >= 0.6 is 11.8 Å². The van der Waals surface area contributed by atoms with E-state index in [9.17, 15) is 14.9 Å². The number of thioether (sulfide) groups is 1. The van der Waals surface area contributed by atoms with Gasteiger partial charge < -0.3 is 14.5 Å². The first-order valence-electron chi connectivity index (χ1n) is 16.4. The van der Waals surface area contributed by atoms with E-state index in [0.29, 0.717) is 49.9 Å². The van der Waals surface area contributed by atoms with Gasteiger partial charge in [0.05, 0.1) is 42.1 Å². The van der Waals surface area contributed by atoms with E-state index in [-0.39, 0.29) is 41.2 Å². The number of likely N-dealkylation sites (tertiary alicyclic amines) is 1. The van der Waals surface area contributed by atoms with Crippen molar-refractivity contribution < 1.29 is 14.3 Å². The molecule has 10 heteroatoms. The average Bonchev–Trinajstić information content (AvgIpc) is 3.42. The second-order valence-electron chi connectivity index (χ2n) is 13.9. The van der Waals surface area contributed by atoms with Crippen LogP contribution in [0, 0.1) is 35.0 Å². The van der Waals surface area contributed by atoms with Gasteiger partial charge in [-0.15, -0.1) is 11.8 Å². The number of hydrogen-bond acceptors (Lipinski definition) is 9. The number of carbonyl (C=O) groups is 2. The highest BCUT2D eigenvalue weighted by Gasteiger charge is 2.57. The number of Topliss-reactive ketones (excluding diaryl/α,β-unsaturated/α-hetero) is 1. The van der Waals surface area contributed by atoms with Crippen molar-refractivity contribution in [1.82, 2.24) is 25.3 Å². The zero-order valence-electron chi connectivity index (χ0n) is 25.5. The summed E-state index contributed by atoms with van der Waals surface area (Å²) in [4.78, 5) is 33.8. The Morgan fingerprint density at radius 3 is 2.79 bits per heavy atom. The van der Waals surface area contributed by atoms with Gasteiger partial charge in [-0.25, -0.2) is 0 Å². The molecule has 6 rings (SSSR count). The first-order valence-corrected chi connectivity index (χ1v) is 17.4. The van der Waals surface area contributed by atoms with Crippen molar-refractivity contribution in [1.29, 1.82) is 5.26 Å². The number of nitriles is 1. The first kappa shape index (κ1) is 30.5. The van der Waals surface area contributed by atoms with Crippen molar-refractivity contribution in [2.24, 2.45) is 23.7 Å². The zero-order valence-corrected chi connectivity index (χ0v) is 26.3. The molecule has 0 aromatic carbocycles. The largest absolute Gasteiger partial charge is 0.348 e. The Hall–Kier alpha value is -1.48. The summed E-state index contributed by atoms with van der Waals surface area (Å²) >= 11 is 1.96. The molecule has 0 aromatic heterocycles. The fourth-order valence-electron chi connectivity index (χ4n) is 9.11. The van der Waals surface area contributed by atoms with Gasteiger partial charge in [0.15, 0.2) is 12.1 Å². The summed E-state index contributed by atoms with van der Waals surface area (Å²) in [6.07, 6.45) is 10.4. The Morgan fingerprint density at radius 1 is 1.17 bits per heavy atom. The highest BCUT2D eigenvalue weighted by Crippen LogP contribution is 2.55. The smallest absolute Gasteiger partial charge is 0.246 e. The van der Waals surface area contributed by atoms with Crippen LogP contribution in [0.4, 0.5) is 0 Å². The SMILES string of the molecule is C=CC(=O)N1CCN(C2NC(OCC3CCCN3C)NC3C(=O)[C@]4(CCC32)CC2C(C)CCCC2CS4)CC1CC#N. The molecular weight excluding hydrogens is 548 g/mol. The van der Waals surface area contributed by atoms with E-state index in [4.69, 9.17) is 4.74 Å². The van der Waals surface area contributed by atoms with Crippen molar-refractivity contribution in [3.63, 3.8) is 0 Å². The minimum absolute atomic E-state index is 0.0547. The summed E-state index contributed by atoms with van der Waals surface area (Å²) in [6.45, 7) is 9.64. The molecule has 9 unspecified atom stereocenters. The van der Waals surface area contributed by atoms with E-state index < -0.39 is 6.35 Å². The molecule has 4 saturated heterocycles. The minimum atomic E-state index is -0.415. The normalized spacial score (nSPS) is 43.0. The van der Waals surface area contributed by atoms with E-state index in [1.54, 1.807) is 4.90 Å². The maximum atomic E-state index is 14.7. The van der Waals surface area contributed by atoms with Crippen molar-refractivity contribution in [3.8, 4) is 6.07 Å². The number of fused-ring (bicyclic) bond motifs is 2. The Morgan fingerprint density at radius 2 is 2.02 bits per heavy atom. The third kappa shape index (κ3) is 5.82. The van der Waals surface area contributed by atoms with Crippen LogP contribution in [0.1, 0.15) is 64.7 Å². The summed E-state index contributed by atoms with van der Waals surface area (Å²) in [5, 5.41) is 17.0. The fraction of sp³-hybridized carbons (Fsp3) is 0.844. The summed E-state index contributed by atoms with van der Waals surface area (Å²) < 4.78 is 6.21. The molecule has 232 valence electrons. The van der Waals surface area contributed by atoms with Crippen LogP contribution in [0.3, 0.4) is 0 Å². The van der Waals surface area contributed by atoms with Gasteiger partial charge in [0.1, 0.15) is 0 Å². The van der Waals surface area contributed by atoms with E-state index in [2.05, 4.69) is 47.1 Å². The Kier molecular flexibility index (Phi) is 9.35. The van der Waals surface area contributed by atoms with E-state index in [0.717, 1.165) is 43.9 Å². The van der Waals surface area contributed by atoms with Gasteiger partial charge in [-0.3, -0.25) is 25.1 Å². The predicted octanol–water partition coefficient (Wildman–Crippen LogP) is 2.79. The van der Waals surface area contributed by atoms with E-state index >= 15 is 0 Å². The maximum Gasteiger partial charge on any atom is 0.246 e. The number of ether oxygens (including phenoxy) is 1. The molecule has 0 aromatic rings. The van der Waals surface area contributed by atoms with Gasteiger partial charge in [0, 0.05) is 31.6 Å². The topological polar surface area (TPSA) is 101 Å². The molecule has 6 aliphatic rings. The molecule has 2 saturated carbocycles. The summed E-state index contributed by atoms with van der Waals surface area (Å²) in [5.74, 6) is 3.61. The molecule has 2 N–H and O–H groups in total. The van der Waals surface area contributed by atoms with Crippen LogP contribution < -0.4 is 10.6 Å².